The Kier molecular flexibility index (Phi) is 8.57. The summed E-state index contributed by atoms with van der Waals surface area (Å²) in [5.74, 6) is 7.03. The van der Waals surface area contributed by atoms with Crippen LogP contribution >= 0.6 is 0 Å². The van der Waals surface area contributed by atoms with Crippen LogP contribution in [0.4, 0.5) is 0 Å². The SMILES string of the molecule is CCCCN(CC)Cc1cc(OC)ccc1C#CCCO. The van der Waals surface area contributed by atoms with Gasteiger partial charge in [-0.05, 0) is 43.3 Å². The Balaban J connectivity index is 2.92. The van der Waals surface area contributed by atoms with Crippen molar-refractivity contribution in [2.45, 2.75) is 39.7 Å². The Morgan fingerprint density at radius 2 is 2.10 bits per heavy atom. The Morgan fingerprint density at radius 3 is 2.71 bits per heavy atom. The zero-order valence-electron chi connectivity index (χ0n) is 13.5. The summed E-state index contributed by atoms with van der Waals surface area (Å²) in [5.41, 5.74) is 2.22. The zero-order valence-corrected chi connectivity index (χ0v) is 13.5. The lowest BCUT2D eigenvalue weighted by Crippen LogP contribution is -2.24. The highest BCUT2D eigenvalue weighted by Gasteiger charge is 2.08. The number of nitrogens with zero attached hydrogens (tertiary/aromatic N) is 1. The van der Waals surface area contributed by atoms with Gasteiger partial charge >= 0.3 is 0 Å². The Morgan fingerprint density at radius 1 is 1.29 bits per heavy atom. The Hall–Kier alpha value is -1.50. The van der Waals surface area contributed by atoms with E-state index < -0.39 is 0 Å². The second kappa shape index (κ2) is 10.3. The number of aliphatic hydroxyl groups is 1. The van der Waals surface area contributed by atoms with E-state index in [0.29, 0.717) is 6.42 Å². The summed E-state index contributed by atoms with van der Waals surface area (Å²) in [4.78, 5) is 2.43. The molecule has 3 nitrogen and oxygen atoms in total. The first-order valence-electron chi connectivity index (χ1n) is 7.74. The van der Waals surface area contributed by atoms with Gasteiger partial charge in [0.2, 0.25) is 0 Å². The summed E-state index contributed by atoms with van der Waals surface area (Å²) in [6.07, 6.45) is 2.93. The minimum Gasteiger partial charge on any atom is -0.497 e. The molecule has 0 heterocycles. The quantitative estimate of drug-likeness (QED) is 0.747. The highest BCUT2D eigenvalue weighted by Crippen LogP contribution is 2.19. The van der Waals surface area contributed by atoms with Gasteiger partial charge in [-0.25, -0.2) is 0 Å². The van der Waals surface area contributed by atoms with Crippen LogP contribution in [-0.4, -0.2) is 36.8 Å². The number of unbranched alkanes of at least 4 members (excludes halogenated alkanes) is 1. The van der Waals surface area contributed by atoms with Crippen LogP contribution in [0.2, 0.25) is 0 Å². The van der Waals surface area contributed by atoms with E-state index in [1.165, 1.54) is 18.4 Å². The van der Waals surface area contributed by atoms with Crippen molar-refractivity contribution in [3.8, 4) is 17.6 Å². The molecule has 1 aromatic carbocycles. The lowest BCUT2D eigenvalue weighted by atomic mass is 10.1. The van der Waals surface area contributed by atoms with Crippen LogP contribution in [0.3, 0.4) is 0 Å². The molecule has 0 aliphatic rings. The molecular weight excluding hydrogens is 262 g/mol. The molecule has 0 saturated carbocycles. The van der Waals surface area contributed by atoms with Crippen LogP contribution in [0.1, 0.15) is 44.2 Å². The Labute approximate surface area is 128 Å². The normalized spacial score (nSPS) is 10.3. The van der Waals surface area contributed by atoms with Crippen LogP contribution in [0.25, 0.3) is 0 Å². The number of hydrogen-bond donors (Lipinski definition) is 1. The molecule has 0 aromatic heterocycles. The van der Waals surface area contributed by atoms with Crippen molar-refractivity contribution in [2.24, 2.45) is 0 Å². The van der Waals surface area contributed by atoms with Crippen LogP contribution < -0.4 is 4.74 Å². The van der Waals surface area contributed by atoms with Crippen molar-refractivity contribution in [1.29, 1.82) is 0 Å². The molecule has 1 N–H and O–H groups in total. The topological polar surface area (TPSA) is 32.7 Å². The molecule has 0 spiro atoms. The fourth-order valence-electron chi connectivity index (χ4n) is 2.14. The summed E-state index contributed by atoms with van der Waals surface area (Å²) < 4.78 is 5.33. The molecule has 0 amide bonds. The molecule has 0 bridgehead atoms. The van der Waals surface area contributed by atoms with Gasteiger partial charge in [-0.2, -0.15) is 0 Å². The van der Waals surface area contributed by atoms with Gasteiger partial charge in [0.15, 0.2) is 0 Å². The summed E-state index contributed by atoms with van der Waals surface area (Å²) >= 11 is 0. The van der Waals surface area contributed by atoms with Crippen LogP contribution in [0.15, 0.2) is 18.2 Å². The maximum atomic E-state index is 8.85. The number of ether oxygens (including phenoxy) is 1. The number of methoxy groups -OCH3 is 1. The fourth-order valence-corrected chi connectivity index (χ4v) is 2.14. The number of hydrogen-bond acceptors (Lipinski definition) is 3. The van der Waals surface area contributed by atoms with Gasteiger partial charge in [0, 0.05) is 18.5 Å². The van der Waals surface area contributed by atoms with Gasteiger partial charge in [0.1, 0.15) is 5.75 Å². The van der Waals surface area contributed by atoms with E-state index in [2.05, 4.69) is 36.7 Å². The maximum Gasteiger partial charge on any atom is 0.119 e. The van der Waals surface area contributed by atoms with Gasteiger partial charge in [0.05, 0.1) is 13.7 Å². The van der Waals surface area contributed by atoms with Crippen molar-refractivity contribution >= 4 is 0 Å². The molecule has 0 unspecified atom stereocenters. The van der Waals surface area contributed by atoms with Crippen LogP contribution in [0.5, 0.6) is 5.75 Å². The molecule has 21 heavy (non-hydrogen) atoms. The molecule has 116 valence electrons. The lowest BCUT2D eigenvalue weighted by molar-refractivity contribution is 0.274. The third kappa shape index (κ3) is 6.20. The first-order chi connectivity index (χ1) is 10.2. The van der Waals surface area contributed by atoms with E-state index in [1.807, 2.05) is 12.1 Å². The number of benzene rings is 1. The largest absolute Gasteiger partial charge is 0.497 e. The third-order valence-corrected chi connectivity index (χ3v) is 3.44. The van der Waals surface area contributed by atoms with Crippen molar-refractivity contribution in [3.63, 3.8) is 0 Å². The molecule has 3 heteroatoms. The molecule has 1 rings (SSSR count). The van der Waals surface area contributed by atoms with E-state index in [9.17, 15) is 0 Å². The van der Waals surface area contributed by atoms with Crippen molar-refractivity contribution in [1.82, 2.24) is 4.90 Å². The van der Waals surface area contributed by atoms with E-state index in [1.54, 1.807) is 7.11 Å². The minimum absolute atomic E-state index is 0.107. The zero-order chi connectivity index (χ0) is 15.5. The smallest absolute Gasteiger partial charge is 0.119 e. The molecule has 0 radical (unpaired) electrons. The van der Waals surface area contributed by atoms with Crippen LogP contribution in [-0.2, 0) is 6.54 Å². The summed E-state index contributed by atoms with van der Waals surface area (Å²) in [7, 11) is 1.69. The standard InChI is InChI=1S/C18H27NO2/c1-4-6-12-19(5-2)15-17-14-18(21-3)11-10-16(17)9-7-8-13-20/h10-11,14,20H,4-6,8,12-13,15H2,1-3H3. The van der Waals surface area contributed by atoms with Gasteiger partial charge in [-0.15, -0.1) is 0 Å². The van der Waals surface area contributed by atoms with E-state index in [-0.39, 0.29) is 6.61 Å². The van der Waals surface area contributed by atoms with Gasteiger partial charge in [0.25, 0.3) is 0 Å². The van der Waals surface area contributed by atoms with E-state index in [0.717, 1.165) is 30.9 Å². The van der Waals surface area contributed by atoms with Crippen LogP contribution in [0, 0.1) is 11.8 Å². The van der Waals surface area contributed by atoms with Crippen molar-refractivity contribution in [2.75, 3.05) is 26.8 Å². The minimum atomic E-state index is 0.107. The molecule has 1 aromatic rings. The van der Waals surface area contributed by atoms with Gasteiger partial charge in [-0.3, -0.25) is 4.90 Å². The predicted octanol–water partition coefficient (Wildman–Crippen LogP) is 3.05. The summed E-state index contributed by atoms with van der Waals surface area (Å²) in [6.45, 7) is 7.53. The van der Waals surface area contributed by atoms with E-state index >= 15 is 0 Å². The number of aliphatic hydroxyl groups excluding tert-OH is 1. The van der Waals surface area contributed by atoms with Gasteiger partial charge < -0.3 is 9.84 Å². The second-order valence-corrected chi connectivity index (χ2v) is 5.02. The highest BCUT2D eigenvalue weighted by molar-refractivity contribution is 5.45. The molecule has 0 aliphatic heterocycles. The molecule has 0 aliphatic carbocycles. The van der Waals surface area contributed by atoms with Crippen molar-refractivity contribution in [3.05, 3.63) is 29.3 Å². The average molecular weight is 289 g/mol. The highest BCUT2D eigenvalue weighted by atomic mass is 16.5. The monoisotopic (exact) mass is 289 g/mol. The summed E-state index contributed by atoms with van der Waals surface area (Å²) in [5, 5.41) is 8.85. The average Bonchev–Trinajstić information content (AvgIpc) is 2.52. The molecule has 0 atom stereocenters. The molecule has 0 fully saturated rings. The van der Waals surface area contributed by atoms with Crippen molar-refractivity contribution < 1.29 is 9.84 Å². The first-order valence-corrected chi connectivity index (χ1v) is 7.74. The lowest BCUT2D eigenvalue weighted by Gasteiger charge is -2.21. The first kappa shape index (κ1) is 17.6. The summed E-state index contributed by atoms with van der Waals surface area (Å²) in [6, 6.07) is 6.01. The molecular formula is C18H27NO2. The third-order valence-electron chi connectivity index (χ3n) is 3.44. The molecule has 0 saturated heterocycles. The maximum absolute atomic E-state index is 8.85. The van der Waals surface area contributed by atoms with E-state index in [4.69, 9.17) is 9.84 Å². The fraction of sp³-hybridized carbons (Fsp3) is 0.556. The Bertz CT molecular complexity index is 474. The second-order valence-electron chi connectivity index (χ2n) is 5.02. The predicted molar refractivity (Wildman–Crippen MR) is 87.4 cm³/mol. The number of rotatable bonds is 8. The van der Waals surface area contributed by atoms with Gasteiger partial charge in [-0.1, -0.05) is 32.1 Å².